The molecule has 0 aliphatic carbocycles. The molecule has 118 valence electrons. The van der Waals surface area contributed by atoms with Gasteiger partial charge in [-0.2, -0.15) is 0 Å². The van der Waals surface area contributed by atoms with Crippen molar-refractivity contribution in [2.45, 2.75) is 46.3 Å². The molecule has 22 heavy (non-hydrogen) atoms. The van der Waals surface area contributed by atoms with Crippen LogP contribution in [0.15, 0.2) is 30.3 Å². The fraction of sp³-hybridized carbons (Fsp3) is 0.474. The highest BCUT2D eigenvalue weighted by atomic mass is 16.5. The van der Waals surface area contributed by atoms with E-state index in [1.807, 2.05) is 0 Å². The van der Waals surface area contributed by atoms with Gasteiger partial charge in [0.15, 0.2) is 0 Å². The molecule has 0 amide bonds. The van der Waals surface area contributed by atoms with Gasteiger partial charge in [-0.25, -0.2) is 0 Å². The van der Waals surface area contributed by atoms with E-state index in [2.05, 4.69) is 61.0 Å². The normalized spacial score (nSPS) is 18.0. The van der Waals surface area contributed by atoms with Crippen molar-refractivity contribution in [3.8, 4) is 5.69 Å². The summed E-state index contributed by atoms with van der Waals surface area (Å²) in [7, 11) is 0. The predicted molar refractivity (Wildman–Crippen MR) is 90.7 cm³/mol. The summed E-state index contributed by atoms with van der Waals surface area (Å²) in [6.07, 6.45) is 2.80. The van der Waals surface area contributed by atoms with Gasteiger partial charge in [0.25, 0.3) is 0 Å². The molecule has 1 fully saturated rings. The highest BCUT2D eigenvalue weighted by Gasteiger charge is 2.15. The van der Waals surface area contributed by atoms with Crippen LogP contribution in [0.3, 0.4) is 0 Å². The molecule has 1 unspecified atom stereocenters. The first-order valence-electron chi connectivity index (χ1n) is 8.22. The second kappa shape index (κ2) is 6.67. The lowest BCUT2D eigenvalue weighted by Crippen LogP contribution is -2.25. The van der Waals surface area contributed by atoms with E-state index in [-0.39, 0.29) is 0 Å². The number of nitrogens with zero attached hydrogens (tertiary/aromatic N) is 1. The van der Waals surface area contributed by atoms with E-state index in [1.165, 1.54) is 41.0 Å². The monoisotopic (exact) mass is 298 g/mol. The highest BCUT2D eigenvalue weighted by Crippen LogP contribution is 2.21. The largest absolute Gasteiger partial charge is 0.377 e. The van der Waals surface area contributed by atoms with Crippen LogP contribution in [-0.2, 0) is 11.3 Å². The molecule has 1 atom stereocenters. The lowest BCUT2D eigenvalue weighted by atomic mass is 10.2. The van der Waals surface area contributed by atoms with Crippen LogP contribution < -0.4 is 5.32 Å². The molecule has 1 N–H and O–H groups in total. The maximum Gasteiger partial charge on any atom is 0.0700 e. The fourth-order valence-electron chi connectivity index (χ4n) is 3.27. The molecule has 0 radical (unpaired) electrons. The molecular weight excluding hydrogens is 272 g/mol. The van der Waals surface area contributed by atoms with Gasteiger partial charge in [0.1, 0.15) is 0 Å². The molecule has 1 aromatic carbocycles. The van der Waals surface area contributed by atoms with Crippen LogP contribution in [-0.4, -0.2) is 23.8 Å². The SMILES string of the molecule is Cc1ccc(-n2c(C)cc(CNCC3CCCO3)c2C)cc1. The average Bonchev–Trinajstić information content (AvgIpc) is 3.10. The van der Waals surface area contributed by atoms with Crippen LogP contribution >= 0.6 is 0 Å². The summed E-state index contributed by atoms with van der Waals surface area (Å²) in [6.45, 7) is 9.29. The zero-order valence-corrected chi connectivity index (χ0v) is 13.9. The predicted octanol–water partition coefficient (Wildman–Crippen LogP) is 3.67. The maximum absolute atomic E-state index is 5.66. The molecule has 3 rings (SSSR count). The zero-order valence-electron chi connectivity index (χ0n) is 13.9. The van der Waals surface area contributed by atoms with Crippen LogP contribution in [0.5, 0.6) is 0 Å². The van der Waals surface area contributed by atoms with Crippen molar-refractivity contribution in [1.82, 2.24) is 9.88 Å². The third kappa shape index (κ3) is 3.26. The van der Waals surface area contributed by atoms with Crippen molar-refractivity contribution in [1.29, 1.82) is 0 Å². The quantitative estimate of drug-likeness (QED) is 0.911. The Morgan fingerprint density at radius 3 is 2.64 bits per heavy atom. The van der Waals surface area contributed by atoms with Crippen molar-refractivity contribution in [3.05, 3.63) is 52.8 Å². The number of rotatable bonds is 5. The van der Waals surface area contributed by atoms with Gasteiger partial charge in [0, 0.05) is 36.8 Å². The molecule has 1 aliphatic heterocycles. The number of aryl methyl sites for hydroxylation is 2. The minimum absolute atomic E-state index is 0.403. The van der Waals surface area contributed by atoms with Gasteiger partial charge in [0.05, 0.1) is 6.10 Å². The molecular formula is C19H26N2O. The molecule has 1 aromatic heterocycles. The molecule has 1 saturated heterocycles. The van der Waals surface area contributed by atoms with Gasteiger partial charge in [-0.1, -0.05) is 17.7 Å². The van der Waals surface area contributed by atoms with E-state index in [4.69, 9.17) is 4.74 Å². The smallest absolute Gasteiger partial charge is 0.0700 e. The molecule has 0 saturated carbocycles. The number of ether oxygens (including phenoxy) is 1. The molecule has 1 aliphatic rings. The Morgan fingerprint density at radius 1 is 1.18 bits per heavy atom. The molecule has 0 bridgehead atoms. The van der Waals surface area contributed by atoms with Crippen LogP contribution in [0.4, 0.5) is 0 Å². The van der Waals surface area contributed by atoms with Crippen LogP contribution in [0, 0.1) is 20.8 Å². The first-order chi connectivity index (χ1) is 10.6. The zero-order chi connectivity index (χ0) is 15.5. The van der Waals surface area contributed by atoms with Crippen LogP contribution in [0.25, 0.3) is 5.69 Å². The van der Waals surface area contributed by atoms with Gasteiger partial charge in [0.2, 0.25) is 0 Å². The Kier molecular flexibility index (Phi) is 4.65. The van der Waals surface area contributed by atoms with Gasteiger partial charge in [-0.3, -0.25) is 0 Å². The number of aromatic nitrogens is 1. The Labute approximate surface area is 133 Å². The Balaban J connectivity index is 1.70. The summed E-state index contributed by atoms with van der Waals surface area (Å²) in [4.78, 5) is 0. The number of hydrogen-bond acceptors (Lipinski definition) is 2. The van der Waals surface area contributed by atoms with Gasteiger partial charge in [-0.15, -0.1) is 0 Å². The van der Waals surface area contributed by atoms with E-state index in [1.54, 1.807) is 0 Å². The summed E-state index contributed by atoms with van der Waals surface area (Å²) >= 11 is 0. The topological polar surface area (TPSA) is 26.2 Å². The lowest BCUT2D eigenvalue weighted by Gasteiger charge is -2.12. The third-order valence-corrected chi connectivity index (χ3v) is 4.54. The van der Waals surface area contributed by atoms with Crippen molar-refractivity contribution in [2.24, 2.45) is 0 Å². The average molecular weight is 298 g/mol. The summed E-state index contributed by atoms with van der Waals surface area (Å²) in [5, 5.41) is 3.55. The van der Waals surface area contributed by atoms with Crippen LogP contribution in [0.2, 0.25) is 0 Å². The summed E-state index contributed by atoms with van der Waals surface area (Å²) in [5.41, 5.74) is 6.52. The molecule has 0 spiro atoms. The summed E-state index contributed by atoms with van der Waals surface area (Å²) in [6, 6.07) is 11.0. The van der Waals surface area contributed by atoms with E-state index in [0.717, 1.165) is 19.7 Å². The highest BCUT2D eigenvalue weighted by molar-refractivity contribution is 5.42. The van der Waals surface area contributed by atoms with E-state index in [9.17, 15) is 0 Å². The minimum Gasteiger partial charge on any atom is -0.377 e. The van der Waals surface area contributed by atoms with Gasteiger partial charge < -0.3 is 14.6 Å². The van der Waals surface area contributed by atoms with Crippen molar-refractivity contribution in [3.63, 3.8) is 0 Å². The molecule has 3 nitrogen and oxygen atoms in total. The molecule has 2 aromatic rings. The fourth-order valence-corrected chi connectivity index (χ4v) is 3.27. The first kappa shape index (κ1) is 15.3. The van der Waals surface area contributed by atoms with Crippen molar-refractivity contribution >= 4 is 0 Å². The van der Waals surface area contributed by atoms with Crippen molar-refractivity contribution < 1.29 is 4.74 Å². The number of hydrogen-bond donors (Lipinski definition) is 1. The number of nitrogens with one attached hydrogen (secondary N) is 1. The standard InChI is InChI=1S/C19H26N2O/c1-14-6-8-18(9-7-14)21-15(2)11-17(16(21)3)12-20-13-19-5-4-10-22-19/h6-9,11,19-20H,4-5,10,12-13H2,1-3H3. The van der Waals surface area contributed by atoms with E-state index < -0.39 is 0 Å². The van der Waals surface area contributed by atoms with E-state index in [0.29, 0.717) is 6.10 Å². The second-order valence-electron chi connectivity index (χ2n) is 6.33. The van der Waals surface area contributed by atoms with Gasteiger partial charge >= 0.3 is 0 Å². The summed E-state index contributed by atoms with van der Waals surface area (Å²) in [5.74, 6) is 0. The first-order valence-corrected chi connectivity index (χ1v) is 8.22. The Morgan fingerprint density at radius 2 is 1.95 bits per heavy atom. The van der Waals surface area contributed by atoms with E-state index >= 15 is 0 Å². The van der Waals surface area contributed by atoms with Crippen LogP contribution in [0.1, 0.15) is 35.4 Å². The Hall–Kier alpha value is -1.58. The maximum atomic E-state index is 5.66. The summed E-state index contributed by atoms with van der Waals surface area (Å²) < 4.78 is 8.00. The second-order valence-corrected chi connectivity index (χ2v) is 6.33. The minimum atomic E-state index is 0.403. The molecule has 2 heterocycles. The number of benzene rings is 1. The lowest BCUT2D eigenvalue weighted by molar-refractivity contribution is 0.110. The Bertz CT molecular complexity index is 622. The molecule has 3 heteroatoms. The van der Waals surface area contributed by atoms with Gasteiger partial charge in [-0.05, 0) is 57.4 Å². The third-order valence-electron chi connectivity index (χ3n) is 4.54. The van der Waals surface area contributed by atoms with Crippen molar-refractivity contribution in [2.75, 3.05) is 13.2 Å².